The molecular formula is C30H45N3O6. The number of unbranched alkanes of at least 4 members (excludes halogenated alkanes) is 3. The summed E-state index contributed by atoms with van der Waals surface area (Å²) in [7, 11) is 0. The molecule has 6 atom stereocenters. The Labute approximate surface area is 232 Å². The molecule has 3 N–H and O–H groups in total. The fourth-order valence-electron chi connectivity index (χ4n) is 6.96. The van der Waals surface area contributed by atoms with E-state index < -0.39 is 29.1 Å². The highest BCUT2D eigenvalue weighted by molar-refractivity contribution is 6.02. The number of benzene rings is 1. The second-order valence-electron chi connectivity index (χ2n) is 11.5. The number of nitrogens with one attached hydrogen (secondary N) is 2. The average Bonchev–Trinajstić information content (AvgIpc) is 3.46. The van der Waals surface area contributed by atoms with Crippen LogP contribution in [-0.4, -0.2) is 70.8 Å². The van der Waals surface area contributed by atoms with Crippen LogP contribution >= 0.6 is 0 Å². The predicted molar refractivity (Wildman–Crippen MR) is 148 cm³/mol. The number of hydrogen-bond donors (Lipinski definition) is 3. The van der Waals surface area contributed by atoms with E-state index in [2.05, 4.69) is 17.6 Å². The maximum Gasteiger partial charge on any atom is 0.246 e. The van der Waals surface area contributed by atoms with Crippen LogP contribution in [0.1, 0.15) is 79.1 Å². The molecule has 39 heavy (non-hydrogen) atoms. The van der Waals surface area contributed by atoms with Crippen molar-refractivity contribution in [3.63, 3.8) is 0 Å². The molecule has 0 aliphatic carbocycles. The van der Waals surface area contributed by atoms with Gasteiger partial charge in [0.25, 0.3) is 0 Å². The summed E-state index contributed by atoms with van der Waals surface area (Å²) in [5.41, 5.74) is -1.22. The summed E-state index contributed by atoms with van der Waals surface area (Å²) in [6.07, 6.45) is 6.11. The molecule has 3 heterocycles. The molecule has 3 aliphatic rings. The summed E-state index contributed by atoms with van der Waals surface area (Å²) in [5, 5.41) is 15.2. The van der Waals surface area contributed by atoms with Gasteiger partial charge in [0.15, 0.2) is 0 Å². The number of likely N-dealkylation sites (tertiary alicyclic amines) is 1. The number of carbonyl (C=O) groups is 3. The van der Waals surface area contributed by atoms with Crippen molar-refractivity contribution in [2.45, 2.75) is 102 Å². The molecule has 2 bridgehead atoms. The van der Waals surface area contributed by atoms with Crippen molar-refractivity contribution in [1.82, 2.24) is 10.2 Å². The Balaban J connectivity index is 1.59. The second-order valence-corrected chi connectivity index (χ2v) is 11.5. The van der Waals surface area contributed by atoms with E-state index in [1.165, 1.54) is 0 Å². The molecule has 3 fully saturated rings. The fourth-order valence-corrected chi connectivity index (χ4v) is 6.96. The van der Waals surface area contributed by atoms with E-state index in [0.29, 0.717) is 38.1 Å². The molecule has 3 unspecified atom stereocenters. The molecule has 0 saturated carbocycles. The minimum Gasteiger partial charge on any atom is -0.494 e. The molecule has 3 aliphatic heterocycles. The zero-order valence-electron chi connectivity index (χ0n) is 23.8. The van der Waals surface area contributed by atoms with Crippen LogP contribution in [0.15, 0.2) is 24.3 Å². The number of nitrogens with zero attached hydrogens (tertiary/aromatic N) is 1. The lowest BCUT2D eigenvalue weighted by molar-refractivity contribution is -0.145. The number of aliphatic hydroxyl groups is 1. The van der Waals surface area contributed by atoms with E-state index in [1.807, 2.05) is 20.8 Å². The van der Waals surface area contributed by atoms with Gasteiger partial charge in [0.2, 0.25) is 17.7 Å². The van der Waals surface area contributed by atoms with E-state index in [4.69, 9.17) is 14.6 Å². The van der Waals surface area contributed by atoms with E-state index in [1.54, 1.807) is 29.2 Å². The molecule has 3 amide bonds. The summed E-state index contributed by atoms with van der Waals surface area (Å²) in [5.74, 6) is -1.32. The predicted octanol–water partition coefficient (Wildman–Crippen LogP) is 3.65. The largest absolute Gasteiger partial charge is 0.494 e. The number of amides is 3. The monoisotopic (exact) mass is 543 g/mol. The highest BCUT2D eigenvalue weighted by atomic mass is 16.5. The highest BCUT2D eigenvalue weighted by Gasteiger charge is 2.77. The Morgan fingerprint density at radius 3 is 2.51 bits per heavy atom. The number of hydrogen-bond acceptors (Lipinski definition) is 6. The molecule has 0 radical (unpaired) electrons. The van der Waals surface area contributed by atoms with Crippen LogP contribution in [-0.2, 0) is 19.1 Å². The summed E-state index contributed by atoms with van der Waals surface area (Å²) in [6.45, 7) is 9.00. The van der Waals surface area contributed by atoms with Gasteiger partial charge in [0.1, 0.15) is 17.4 Å². The van der Waals surface area contributed by atoms with Crippen LogP contribution in [0.4, 0.5) is 5.69 Å². The molecule has 9 nitrogen and oxygen atoms in total. The Morgan fingerprint density at radius 1 is 1.13 bits per heavy atom. The fraction of sp³-hybridized carbons (Fsp3) is 0.700. The van der Waals surface area contributed by atoms with Crippen molar-refractivity contribution in [3.05, 3.63) is 24.3 Å². The maximum absolute atomic E-state index is 14.1. The van der Waals surface area contributed by atoms with Gasteiger partial charge < -0.3 is 30.1 Å². The quantitative estimate of drug-likeness (QED) is 0.309. The Morgan fingerprint density at radius 2 is 1.85 bits per heavy atom. The van der Waals surface area contributed by atoms with Gasteiger partial charge in [-0.2, -0.15) is 0 Å². The van der Waals surface area contributed by atoms with Crippen molar-refractivity contribution in [2.75, 3.05) is 25.1 Å². The minimum absolute atomic E-state index is 0.0209. The molecule has 3 saturated heterocycles. The summed E-state index contributed by atoms with van der Waals surface area (Å²) in [6, 6.07) is 6.39. The number of aliphatic hydroxyl groups excluding tert-OH is 1. The van der Waals surface area contributed by atoms with Gasteiger partial charge in [-0.25, -0.2) is 0 Å². The Kier molecular flexibility index (Phi) is 9.21. The average molecular weight is 544 g/mol. The number of carbonyl (C=O) groups excluding carboxylic acids is 3. The normalized spacial score (nSPS) is 29.8. The Hall–Kier alpha value is -2.65. The summed E-state index contributed by atoms with van der Waals surface area (Å²) in [4.78, 5) is 43.3. The third-order valence-electron chi connectivity index (χ3n) is 8.66. The third kappa shape index (κ3) is 5.66. The molecule has 0 aromatic heterocycles. The van der Waals surface area contributed by atoms with E-state index in [-0.39, 0.29) is 30.4 Å². The standard InChI is InChI=1S/C30H45N3O6/c1-5-11-20(3)31-27(36)25-30-17-16-29(4,39-30)23(24(30)28(37)33(25)18-9-7-8-10-19-34)26(35)32-21-12-14-22(15-13-21)38-6-2/h12-15,20,23-25,34H,5-11,16-19H2,1-4H3,(H,31,36)(H,32,35)/t20?,23-,24-,25?,29+,30?/m0/s1. The molecule has 216 valence electrons. The molecule has 1 spiro atoms. The first-order valence-corrected chi connectivity index (χ1v) is 14.7. The minimum atomic E-state index is -1.02. The molecule has 1 aromatic rings. The second kappa shape index (κ2) is 12.3. The van der Waals surface area contributed by atoms with Gasteiger partial charge in [0.05, 0.1) is 24.0 Å². The van der Waals surface area contributed by atoms with Crippen LogP contribution in [0.25, 0.3) is 0 Å². The molecule has 9 heteroatoms. The van der Waals surface area contributed by atoms with Crippen LogP contribution in [0, 0.1) is 11.8 Å². The van der Waals surface area contributed by atoms with Crippen LogP contribution < -0.4 is 15.4 Å². The van der Waals surface area contributed by atoms with Gasteiger partial charge in [-0.1, -0.05) is 26.2 Å². The zero-order valence-corrected chi connectivity index (χ0v) is 23.8. The number of anilines is 1. The molecule has 4 rings (SSSR count). The Bertz CT molecular complexity index is 1030. The maximum atomic E-state index is 14.1. The molecular weight excluding hydrogens is 498 g/mol. The number of rotatable bonds is 14. The summed E-state index contributed by atoms with van der Waals surface area (Å²) < 4.78 is 12.2. The van der Waals surface area contributed by atoms with E-state index >= 15 is 0 Å². The third-order valence-corrected chi connectivity index (χ3v) is 8.66. The van der Waals surface area contributed by atoms with E-state index in [9.17, 15) is 14.4 Å². The van der Waals surface area contributed by atoms with Crippen LogP contribution in [0.3, 0.4) is 0 Å². The lowest BCUT2D eigenvalue weighted by atomic mass is 9.66. The zero-order chi connectivity index (χ0) is 28.2. The number of fused-ring (bicyclic) bond motifs is 1. The highest BCUT2D eigenvalue weighted by Crippen LogP contribution is 2.63. The number of ether oxygens (including phenoxy) is 2. The van der Waals surface area contributed by atoms with E-state index in [0.717, 1.165) is 37.9 Å². The van der Waals surface area contributed by atoms with Crippen molar-refractivity contribution < 1.29 is 29.0 Å². The first-order chi connectivity index (χ1) is 18.7. The van der Waals surface area contributed by atoms with Gasteiger partial charge in [-0.3, -0.25) is 14.4 Å². The smallest absolute Gasteiger partial charge is 0.246 e. The first kappa shape index (κ1) is 29.3. The van der Waals surface area contributed by atoms with Crippen LogP contribution in [0.5, 0.6) is 5.75 Å². The lowest BCUT2D eigenvalue weighted by Gasteiger charge is -2.34. The van der Waals surface area contributed by atoms with Crippen LogP contribution in [0.2, 0.25) is 0 Å². The van der Waals surface area contributed by atoms with Crippen molar-refractivity contribution in [3.8, 4) is 5.75 Å². The SMILES string of the molecule is CCCC(C)NC(=O)C1N(CCCCCCO)C(=O)[C@@H]2[C@@H](C(=O)Nc3ccc(OCC)cc3)[C@@]3(C)CCC12O3. The van der Waals surface area contributed by atoms with Crippen molar-refractivity contribution in [2.24, 2.45) is 11.8 Å². The molecule has 1 aromatic carbocycles. The van der Waals surface area contributed by atoms with Gasteiger partial charge in [0, 0.05) is 24.9 Å². The first-order valence-electron chi connectivity index (χ1n) is 14.7. The topological polar surface area (TPSA) is 117 Å². The van der Waals surface area contributed by atoms with Gasteiger partial charge >= 0.3 is 0 Å². The van der Waals surface area contributed by atoms with Crippen molar-refractivity contribution in [1.29, 1.82) is 0 Å². The summed E-state index contributed by atoms with van der Waals surface area (Å²) >= 11 is 0. The van der Waals surface area contributed by atoms with Gasteiger partial charge in [-0.15, -0.1) is 0 Å². The lowest BCUT2D eigenvalue weighted by Crippen LogP contribution is -2.56. The van der Waals surface area contributed by atoms with Gasteiger partial charge in [-0.05, 0) is 77.1 Å². The van der Waals surface area contributed by atoms with Crippen molar-refractivity contribution >= 4 is 23.4 Å².